The molecule has 1 N–H and O–H groups in total. The second-order valence-electron chi connectivity index (χ2n) is 2.52. The molecule has 1 aromatic carbocycles. The quantitative estimate of drug-likeness (QED) is 0.698. The smallest absolute Gasteiger partial charge is 0.0971 e. The van der Waals surface area contributed by atoms with Crippen molar-refractivity contribution in [3.8, 4) is 0 Å². The highest BCUT2D eigenvalue weighted by Gasteiger charge is 2.00. The highest BCUT2D eigenvalue weighted by Crippen LogP contribution is 2.16. The van der Waals surface area contributed by atoms with Crippen LogP contribution in [0.25, 0.3) is 0 Å². The Hall–Kier alpha value is -0.790. The van der Waals surface area contributed by atoms with E-state index in [1.165, 1.54) is 0 Å². The molecule has 1 unspecified atom stereocenters. The average molecular weight is 183 g/mol. The van der Waals surface area contributed by atoms with Crippen LogP contribution in [0.4, 0.5) is 0 Å². The van der Waals surface area contributed by atoms with Gasteiger partial charge >= 0.3 is 0 Å². The van der Waals surface area contributed by atoms with Crippen LogP contribution in [0.1, 0.15) is 18.6 Å². The molecule has 1 nitrogen and oxygen atoms in total. The number of aliphatic hydroxyl groups excluding tert-OH is 1. The highest BCUT2D eigenvalue weighted by molar-refractivity contribution is 6.30. The molecular formula is C10H11ClO. The van der Waals surface area contributed by atoms with E-state index in [9.17, 15) is 5.11 Å². The van der Waals surface area contributed by atoms with Crippen molar-refractivity contribution < 1.29 is 5.11 Å². The zero-order valence-corrected chi connectivity index (χ0v) is 7.62. The van der Waals surface area contributed by atoms with Gasteiger partial charge in [-0.05, 0) is 24.6 Å². The first kappa shape index (κ1) is 9.30. The molecule has 12 heavy (non-hydrogen) atoms. The Bertz CT molecular complexity index is 264. The van der Waals surface area contributed by atoms with Gasteiger partial charge in [0.15, 0.2) is 0 Å². The summed E-state index contributed by atoms with van der Waals surface area (Å²) in [7, 11) is 0. The zero-order valence-electron chi connectivity index (χ0n) is 6.87. The van der Waals surface area contributed by atoms with Gasteiger partial charge in [0.1, 0.15) is 0 Å². The molecule has 0 fully saturated rings. The van der Waals surface area contributed by atoms with Crippen molar-refractivity contribution in [3.63, 3.8) is 0 Å². The first-order valence-corrected chi connectivity index (χ1v) is 4.18. The van der Waals surface area contributed by atoms with Crippen molar-refractivity contribution >= 4 is 11.6 Å². The van der Waals surface area contributed by atoms with Gasteiger partial charge in [-0.1, -0.05) is 35.9 Å². The van der Waals surface area contributed by atoms with E-state index in [4.69, 9.17) is 11.6 Å². The molecule has 0 amide bonds. The van der Waals surface area contributed by atoms with Crippen molar-refractivity contribution in [1.82, 2.24) is 0 Å². The molecule has 0 bridgehead atoms. The number of allylic oxidation sites excluding steroid dienone is 1. The van der Waals surface area contributed by atoms with Gasteiger partial charge in [0.2, 0.25) is 0 Å². The van der Waals surface area contributed by atoms with Gasteiger partial charge in [0.05, 0.1) is 6.10 Å². The summed E-state index contributed by atoms with van der Waals surface area (Å²) in [6.45, 7) is 1.87. The van der Waals surface area contributed by atoms with Gasteiger partial charge < -0.3 is 5.11 Å². The van der Waals surface area contributed by atoms with Crippen LogP contribution in [0.2, 0.25) is 5.02 Å². The topological polar surface area (TPSA) is 20.2 Å². The summed E-state index contributed by atoms with van der Waals surface area (Å²) >= 11 is 5.69. The average Bonchev–Trinajstić information content (AvgIpc) is 2.06. The number of hydrogen-bond donors (Lipinski definition) is 1. The fourth-order valence-electron chi connectivity index (χ4n) is 0.953. The minimum Gasteiger partial charge on any atom is -0.384 e. The van der Waals surface area contributed by atoms with Crippen LogP contribution in [-0.2, 0) is 0 Å². The maximum absolute atomic E-state index is 9.48. The summed E-state index contributed by atoms with van der Waals surface area (Å²) in [5.74, 6) is 0. The largest absolute Gasteiger partial charge is 0.384 e. The number of rotatable bonds is 2. The lowest BCUT2D eigenvalue weighted by molar-refractivity contribution is 0.228. The lowest BCUT2D eigenvalue weighted by Crippen LogP contribution is -1.91. The molecule has 0 aliphatic rings. The molecule has 0 aliphatic carbocycles. The van der Waals surface area contributed by atoms with Crippen molar-refractivity contribution in [2.75, 3.05) is 0 Å². The highest BCUT2D eigenvalue weighted by atomic mass is 35.5. The number of benzene rings is 1. The molecule has 64 valence electrons. The summed E-state index contributed by atoms with van der Waals surface area (Å²) in [4.78, 5) is 0. The number of halogens is 1. The molecule has 1 aromatic rings. The number of aliphatic hydroxyl groups is 1. The van der Waals surface area contributed by atoms with Gasteiger partial charge in [-0.2, -0.15) is 0 Å². The minimum absolute atomic E-state index is 0.521. The van der Waals surface area contributed by atoms with Crippen molar-refractivity contribution in [2.45, 2.75) is 13.0 Å². The van der Waals surface area contributed by atoms with E-state index < -0.39 is 6.10 Å². The van der Waals surface area contributed by atoms with Crippen LogP contribution in [0.15, 0.2) is 36.4 Å². The molecule has 0 aromatic heterocycles. The molecule has 0 aliphatic heterocycles. The van der Waals surface area contributed by atoms with E-state index in [0.29, 0.717) is 5.02 Å². The first-order chi connectivity index (χ1) is 5.74. The van der Waals surface area contributed by atoms with E-state index in [1.54, 1.807) is 18.2 Å². The standard InChI is InChI=1S/C10H11ClO/c1-2-3-10(12)8-4-6-9(11)7-5-8/h2-7,10,12H,1H3. The molecule has 1 rings (SSSR count). The van der Waals surface area contributed by atoms with Gasteiger partial charge in [-0.15, -0.1) is 0 Å². The van der Waals surface area contributed by atoms with E-state index in [-0.39, 0.29) is 0 Å². The Morgan fingerprint density at radius 1 is 1.33 bits per heavy atom. The summed E-state index contributed by atoms with van der Waals surface area (Å²) in [6, 6.07) is 7.16. The Balaban J connectivity index is 2.82. The third-order valence-corrected chi connectivity index (χ3v) is 1.84. The fourth-order valence-corrected chi connectivity index (χ4v) is 1.08. The van der Waals surface area contributed by atoms with Crippen LogP contribution in [0, 0.1) is 0 Å². The van der Waals surface area contributed by atoms with Crippen molar-refractivity contribution in [2.24, 2.45) is 0 Å². The van der Waals surface area contributed by atoms with Crippen molar-refractivity contribution in [1.29, 1.82) is 0 Å². The predicted molar refractivity (Wildman–Crippen MR) is 51.2 cm³/mol. The van der Waals surface area contributed by atoms with Gasteiger partial charge in [0, 0.05) is 5.02 Å². The Morgan fingerprint density at radius 2 is 1.92 bits per heavy atom. The van der Waals surface area contributed by atoms with Crippen LogP contribution in [0.5, 0.6) is 0 Å². The zero-order chi connectivity index (χ0) is 8.97. The SMILES string of the molecule is CC=CC(O)c1ccc(Cl)cc1. The molecule has 0 saturated heterocycles. The molecule has 0 saturated carbocycles. The molecule has 0 spiro atoms. The fraction of sp³-hybridized carbons (Fsp3) is 0.200. The van der Waals surface area contributed by atoms with E-state index in [1.807, 2.05) is 25.1 Å². The summed E-state index contributed by atoms with van der Waals surface area (Å²) < 4.78 is 0. The van der Waals surface area contributed by atoms with Gasteiger partial charge in [-0.3, -0.25) is 0 Å². The molecule has 2 heteroatoms. The maximum Gasteiger partial charge on any atom is 0.0971 e. The summed E-state index contributed by atoms with van der Waals surface area (Å²) in [5, 5.41) is 10.2. The predicted octanol–water partition coefficient (Wildman–Crippen LogP) is 2.95. The second kappa shape index (κ2) is 4.29. The Morgan fingerprint density at radius 3 is 2.42 bits per heavy atom. The molecular weight excluding hydrogens is 172 g/mol. The van der Waals surface area contributed by atoms with E-state index >= 15 is 0 Å². The molecule has 0 heterocycles. The third kappa shape index (κ3) is 2.36. The molecule has 1 atom stereocenters. The van der Waals surface area contributed by atoms with Crippen LogP contribution in [-0.4, -0.2) is 5.11 Å². The third-order valence-electron chi connectivity index (χ3n) is 1.59. The van der Waals surface area contributed by atoms with Crippen LogP contribution < -0.4 is 0 Å². The second-order valence-corrected chi connectivity index (χ2v) is 2.96. The summed E-state index contributed by atoms with van der Waals surface area (Å²) in [5.41, 5.74) is 0.859. The maximum atomic E-state index is 9.48. The normalized spacial score (nSPS) is 13.6. The summed E-state index contributed by atoms with van der Waals surface area (Å²) in [6.07, 6.45) is 3.02. The van der Waals surface area contributed by atoms with Crippen LogP contribution in [0.3, 0.4) is 0 Å². The van der Waals surface area contributed by atoms with Gasteiger partial charge in [-0.25, -0.2) is 0 Å². The lowest BCUT2D eigenvalue weighted by atomic mass is 10.1. The van der Waals surface area contributed by atoms with Gasteiger partial charge in [0.25, 0.3) is 0 Å². The number of hydrogen-bond acceptors (Lipinski definition) is 1. The molecule has 0 radical (unpaired) electrons. The Kier molecular flexibility index (Phi) is 3.32. The Labute approximate surface area is 77.3 Å². The lowest BCUT2D eigenvalue weighted by Gasteiger charge is -2.04. The van der Waals surface area contributed by atoms with E-state index in [0.717, 1.165) is 5.56 Å². The van der Waals surface area contributed by atoms with Crippen LogP contribution >= 0.6 is 11.6 Å². The van der Waals surface area contributed by atoms with Crippen molar-refractivity contribution in [3.05, 3.63) is 47.0 Å². The minimum atomic E-state index is -0.521. The first-order valence-electron chi connectivity index (χ1n) is 3.80. The monoisotopic (exact) mass is 182 g/mol. The van der Waals surface area contributed by atoms with E-state index in [2.05, 4.69) is 0 Å².